The van der Waals surface area contributed by atoms with Crippen LogP contribution < -0.4 is 5.32 Å². The van der Waals surface area contributed by atoms with Crippen LogP contribution in [0.4, 0.5) is 4.39 Å². The summed E-state index contributed by atoms with van der Waals surface area (Å²) in [6.07, 6.45) is 2.38. The summed E-state index contributed by atoms with van der Waals surface area (Å²) >= 11 is 0. The Balaban J connectivity index is 1.54. The lowest BCUT2D eigenvalue weighted by atomic mass is 9.75. The van der Waals surface area contributed by atoms with Crippen LogP contribution in [-0.4, -0.2) is 6.04 Å². The van der Waals surface area contributed by atoms with E-state index in [1.165, 1.54) is 36.1 Å². The lowest BCUT2D eigenvalue weighted by Gasteiger charge is -2.38. The van der Waals surface area contributed by atoms with Crippen LogP contribution in [0.5, 0.6) is 0 Å². The van der Waals surface area contributed by atoms with Gasteiger partial charge in [0, 0.05) is 12.1 Å². The summed E-state index contributed by atoms with van der Waals surface area (Å²) in [6, 6.07) is 16.5. The number of aryl methyl sites for hydroxylation is 1. The van der Waals surface area contributed by atoms with E-state index in [4.69, 9.17) is 0 Å². The van der Waals surface area contributed by atoms with Gasteiger partial charge < -0.3 is 5.32 Å². The maximum absolute atomic E-state index is 12.9. The Bertz CT molecular complexity index is 599. The van der Waals surface area contributed by atoms with Gasteiger partial charge in [-0.15, -0.1) is 0 Å². The fourth-order valence-corrected chi connectivity index (χ4v) is 3.15. The van der Waals surface area contributed by atoms with Crippen molar-refractivity contribution in [3.63, 3.8) is 0 Å². The minimum absolute atomic E-state index is 0.172. The standard InChI is InChI=1S/C19H22FN/c1-13-4-3-5-16(10-13)17-11-19(12-17)21-14(2)15-6-8-18(20)9-7-15/h3-10,14,17,19,21H,11-12H2,1-2H3/t14-,17?,19?/m0/s1. The second-order valence-electron chi connectivity index (χ2n) is 6.22. The van der Waals surface area contributed by atoms with Crippen molar-refractivity contribution in [2.75, 3.05) is 0 Å². The monoisotopic (exact) mass is 283 g/mol. The highest BCUT2D eigenvalue weighted by atomic mass is 19.1. The number of benzene rings is 2. The molecule has 0 saturated heterocycles. The van der Waals surface area contributed by atoms with Crippen molar-refractivity contribution in [3.8, 4) is 0 Å². The summed E-state index contributed by atoms with van der Waals surface area (Å²) in [5.41, 5.74) is 3.95. The first-order valence-corrected chi connectivity index (χ1v) is 7.70. The van der Waals surface area contributed by atoms with Crippen molar-refractivity contribution >= 4 is 0 Å². The van der Waals surface area contributed by atoms with Crippen molar-refractivity contribution < 1.29 is 4.39 Å². The Morgan fingerprint density at radius 3 is 2.48 bits per heavy atom. The zero-order chi connectivity index (χ0) is 14.8. The van der Waals surface area contributed by atoms with Gasteiger partial charge >= 0.3 is 0 Å². The first-order valence-electron chi connectivity index (χ1n) is 7.70. The van der Waals surface area contributed by atoms with E-state index in [1.807, 2.05) is 12.1 Å². The second-order valence-corrected chi connectivity index (χ2v) is 6.22. The molecular formula is C19H22FN. The van der Waals surface area contributed by atoms with E-state index in [-0.39, 0.29) is 11.9 Å². The molecule has 0 aliphatic heterocycles. The third kappa shape index (κ3) is 3.33. The molecule has 0 unspecified atom stereocenters. The Kier molecular flexibility index (Phi) is 4.07. The highest BCUT2D eigenvalue weighted by molar-refractivity contribution is 5.28. The van der Waals surface area contributed by atoms with Crippen LogP contribution in [0.1, 0.15) is 48.4 Å². The van der Waals surface area contributed by atoms with Gasteiger partial charge in [-0.05, 0) is 55.9 Å². The molecule has 0 spiro atoms. The molecule has 21 heavy (non-hydrogen) atoms. The summed E-state index contributed by atoms with van der Waals surface area (Å²) in [6.45, 7) is 4.29. The molecule has 2 heteroatoms. The van der Waals surface area contributed by atoms with Crippen LogP contribution in [0.3, 0.4) is 0 Å². The van der Waals surface area contributed by atoms with Gasteiger partial charge in [0.2, 0.25) is 0 Å². The lowest BCUT2D eigenvalue weighted by molar-refractivity contribution is 0.271. The molecule has 0 bridgehead atoms. The first-order chi connectivity index (χ1) is 10.1. The molecule has 0 amide bonds. The average molecular weight is 283 g/mol. The Labute approximate surface area is 126 Å². The molecule has 0 aromatic heterocycles. The molecular weight excluding hydrogens is 261 g/mol. The first kappa shape index (κ1) is 14.3. The third-order valence-corrected chi connectivity index (χ3v) is 4.51. The van der Waals surface area contributed by atoms with Crippen molar-refractivity contribution in [3.05, 3.63) is 71.0 Å². The molecule has 1 nitrogen and oxygen atoms in total. The summed E-state index contributed by atoms with van der Waals surface area (Å²) < 4.78 is 12.9. The summed E-state index contributed by atoms with van der Waals surface area (Å²) in [5.74, 6) is 0.511. The van der Waals surface area contributed by atoms with Crippen LogP contribution in [0, 0.1) is 12.7 Å². The number of hydrogen-bond donors (Lipinski definition) is 1. The SMILES string of the molecule is Cc1cccc(C2CC(N[C@@H](C)c3ccc(F)cc3)C2)c1. The second kappa shape index (κ2) is 5.98. The molecule has 1 N–H and O–H groups in total. The van der Waals surface area contributed by atoms with Gasteiger partial charge in [0.1, 0.15) is 5.82 Å². The van der Waals surface area contributed by atoms with Crippen molar-refractivity contribution in [1.82, 2.24) is 5.32 Å². The van der Waals surface area contributed by atoms with Crippen LogP contribution in [-0.2, 0) is 0 Å². The fourth-order valence-electron chi connectivity index (χ4n) is 3.15. The quantitative estimate of drug-likeness (QED) is 0.855. The van der Waals surface area contributed by atoms with Crippen molar-refractivity contribution in [1.29, 1.82) is 0 Å². The molecule has 1 aliphatic carbocycles. The number of nitrogens with one attached hydrogen (secondary N) is 1. The van der Waals surface area contributed by atoms with Gasteiger partial charge in [-0.3, -0.25) is 0 Å². The minimum Gasteiger partial charge on any atom is -0.307 e. The zero-order valence-electron chi connectivity index (χ0n) is 12.6. The van der Waals surface area contributed by atoms with Crippen LogP contribution in [0.15, 0.2) is 48.5 Å². The summed E-state index contributed by atoms with van der Waals surface area (Å²) in [7, 11) is 0. The highest BCUT2D eigenvalue weighted by Gasteiger charge is 2.31. The molecule has 0 heterocycles. The summed E-state index contributed by atoms with van der Waals surface area (Å²) in [4.78, 5) is 0. The Morgan fingerprint density at radius 1 is 1.10 bits per heavy atom. The van der Waals surface area contributed by atoms with Gasteiger partial charge in [-0.1, -0.05) is 42.0 Å². The fraction of sp³-hybridized carbons (Fsp3) is 0.368. The molecule has 110 valence electrons. The van der Waals surface area contributed by atoms with E-state index >= 15 is 0 Å². The molecule has 2 aromatic rings. The molecule has 2 aromatic carbocycles. The minimum atomic E-state index is -0.172. The van der Waals surface area contributed by atoms with Crippen molar-refractivity contribution in [2.24, 2.45) is 0 Å². The summed E-state index contributed by atoms with van der Waals surface area (Å²) in [5, 5.41) is 3.64. The largest absolute Gasteiger partial charge is 0.307 e. The molecule has 1 fully saturated rings. The smallest absolute Gasteiger partial charge is 0.123 e. The van der Waals surface area contributed by atoms with Crippen LogP contribution in [0.25, 0.3) is 0 Å². The van der Waals surface area contributed by atoms with E-state index in [1.54, 1.807) is 0 Å². The van der Waals surface area contributed by atoms with Gasteiger partial charge in [-0.25, -0.2) is 4.39 Å². The van der Waals surface area contributed by atoms with Gasteiger partial charge in [-0.2, -0.15) is 0 Å². The normalized spacial score (nSPS) is 22.6. The Morgan fingerprint density at radius 2 is 1.81 bits per heavy atom. The van der Waals surface area contributed by atoms with Crippen molar-refractivity contribution in [2.45, 2.75) is 44.7 Å². The third-order valence-electron chi connectivity index (χ3n) is 4.51. The van der Waals surface area contributed by atoms with E-state index < -0.39 is 0 Å². The maximum Gasteiger partial charge on any atom is 0.123 e. The maximum atomic E-state index is 12.9. The Hall–Kier alpha value is -1.67. The zero-order valence-corrected chi connectivity index (χ0v) is 12.6. The molecule has 1 atom stereocenters. The topological polar surface area (TPSA) is 12.0 Å². The highest BCUT2D eigenvalue weighted by Crippen LogP contribution is 2.38. The van der Waals surface area contributed by atoms with Gasteiger partial charge in [0.05, 0.1) is 0 Å². The molecule has 1 aliphatic rings. The number of halogens is 1. The average Bonchev–Trinajstić information content (AvgIpc) is 2.43. The van der Waals surface area contributed by atoms with E-state index in [9.17, 15) is 4.39 Å². The number of hydrogen-bond acceptors (Lipinski definition) is 1. The van der Waals surface area contributed by atoms with Crippen LogP contribution in [0.2, 0.25) is 0 Å². The predicted octanol–water partition coefficient (Wildman–Crippen LogP) is 4.73. The van der Waals surface area contributed by atoms with E-state index in [2.05, 4.69) is 43.4 Å². The van der Waals surface area contributed by atoms with E-state index in [0.29, 0.717) is 12.0 Å². The van der Waals surface area contributed by atoms with Gasteiger partial charge in [0.25, 0.3) is 0 Å². The number of rotatable bonds is 4. The molecule has 1 saturated carbocycles. The molecule has 3 rings (SSSR count). The van der Waals surface area contributed by atoms with Gasteiger partial charge in [0.15, 0.2) is 0 Å². The lowest BCUT2D eigenvalue weighted by Crippen LogP contribution is -2.41. The van der Waals surface area contributed by atoms with E-state index in [0.717, 1.165) is 5.56 Å². The predicted molar refractivity (Wildman–Crippen MR) is 84.9 cm³/mol. The molecule has 0 radical (unpaired) electrons. The van der Waals surface area contributed by atoms with Crippen LogP contribution >= 0.6 is 0 Å².